The summed E-state index contributed by atoms with van der Waals surface area (Å²) in [5.41, 5.74) is 4.50. The van der Waals surface area contributed by atoms with E-state index >= 15 is 0 Å². The number of sulfone groups is 1. The fourth-order valence-corrected chi connectivity index (χ4v) is 6.05. The number of hydrogen-bond donors (Lipinski definition) is 3. The van der Waals surface area contributed by atoms with E-state index < -0.39 is 16.2 Å². The molecule has 1 atom stereocenters. The van der Waals surface area contributed by atoms with Crippen LogP contribution in [0.5, 0.6) is 5.75 Å². The summed E-state index contributed by atoms with van der Waals surface area (Å²) in [4.78, 5) is 6.29. The Morgan fingerprint density at radius 1 is 0.977 bits per heavy atom. The lowest BCUT2D eigenvalue weighted by molar-refractivity contribution is 0.232. The van der Waals surface area contributed by atoms with Gasteiger partial charge in [-0.1, -0.05) is 39.0 Å². The second-order valence-corrected chi connectivity index (χ2v) is 14.1. The maximum absolute atomic E-state index is 11.8. The van der Waals surface area contributed by atoms with Gasteiger partial charge in [0.15, 0.2) is 9.84 Å². The summed E-state index contributed by atoms with van der Waals surface area (Å²) in [6.07, 6.45) is 3.29. The number of aliphatic hydroxyl groups excluding tert-OH is 1. The van der Waals surface area contributed by atoms with Crippen molar-refractivity contribution in [3.63, 3.8) is 0 Å². The fraction of sp³-hybridized carbons (Fsp3) is 0.375. The van der Waals surface area contributed by atoms with Crippen molar-refractivity contribution in [3.05, 3.63) is 95.9 Å². The SMILES string of the molecule is CC(C)(C)c1cc(NC(O)Nc2ccc(OCCc3cccnc3)cc2)n(-c2ccc(CN3CCS(=O)(=O)CC3)cc2)n1. The summed E-state index contributed by atoms with van der Waals surface area (Å²) in [5, 5.41) is 22.0. The minimum absolute atomic E-state index is 0.193. The standard InChI is InChI=1S/C32H40N6O4S/c1-32(2,3)29-21-30(38(36-29)27-10-6-25(7-11-27)23-37-16-19-43(40,41)20-17-37)35-31(39)34-26-8-12-28(13-9-26)42-18-14-24-5-4-15-33-22-24/h4-13,15,21-22,31,34-35,39H,14,16-20,23H2,1-3H3. The van der Waals surface area contributed by atoms with E-state index in [1.54, 1.807) is 10.9 Å². The molecule has 3 N–H and O–H groups in total. The number of pyridine rings is 1. The molecule has 0 amide bonds. The van der Waals surface area contributed by atoms with E-state index in [1.807, 2.05) is 72.9 Å². The fourth-order valence-electron chi connectivity index (χ4n) is 4.77. The molecule has 0 saturated carbocycles. The Labute approximate surface area is 253 Å². The molecule has 0 aliphatic carbocycles. The Hall–Kier alpha value is -3.93. The van der Waals surface area contributed by atoms with Gasteiger partial charge < -0.3 is 20.5 Å². The Morgan fingerprint density at radius 3 is 2.35 bits per heavy atom. The lowest BCUT2D eigenvalue weighted by Gasteiger charge is -2.26. The predicted molar refractivity (Wildman–Crippen MR) is 169 cm³/mol. The highest BCUT2D eigenvalue weighted by Gasteiger charge is 2.23. The molecule has 2 aromatic carbocycles. The number of rotatable bonds is 11. The van der Waals surface area contributed by atoms with Gasteiger partial charge in [0.25, 0.3) is 0 Å². The van der Waals surface area contributed by atoms with Crippen molar-refractivity contribution in [3.8, 4) is 11.4 Å². The summed E-state index contributed by atoms with van der Waals surface area (Å²) < 4.78 is 31.1. The van der Waals surface area contributed by atoms with E-state index in [2.05, 4.69) is 41.3 Å². The number of ether oxygens (including phenoxy) is 1. The molecular formula is C32H40N6O4S. The van der Waals surface area contributed by atoms with E-state index in [9.17, 15) is 13.5 Å². The molecule has 11 heteroatoms. The van der Waals surface area contributed by atoms with Crippen LogP contribution in [-0.2, 0) is 28.2 Å². The highest BCUT2D eigenvalue weighted by molar-refractivity contribution is 7.91. The minimum atomic E-state index is -2.90. The van der Waals surface area contributed by atoms with Crippen molar-refractivity contribution in [1.29, 1.82) is 0 Å². The third-order valence-electron chi connectivity index (χ3n) is 7.33. The lowest BCUT2D eigenvalue weighted by Crippen LogP contribution is -2.39. The van der Waals surface area contributed by atoms with Crippen molar-refractivity contribution in [2.24, 2.45) is 0 Å². The van der Waals surface area contributed by atoms with E-state index in [-0.39, 0.29) is 16.9 Å². The second kappa shape index (κ2) is 13.2. The van der Waals surface area contributed by atoms with Crippen LogP contribution < -0.4 is 15.4 Å². The molecule has 43 heavy (non-hydrogen) atoms. The van der Waals surface area contributed by atoms with Gasteiger partial charge in [-0.25, -0.2) is 13.1 Å². The molecule has 5 rings (SSSR count). The molecule has 0 radical (unpaired) electrons. The monoisotopic (exact) mass is 604 g/mol. The van der Waals surface area contributed by atoms with Crippen LogP contribution in [0.1, 0.15) is 37.6 Å². The lowest BCUT2D eigenvalue weighted by atomic mass is 9.92. The van der Waals surface area contributed by atoms with Gasteiger partial charge in [0.05, 0.1) is 29.5 Å². The average molecular weight is 605 g/mol. The molecule has 3 heterocycles. The Bertz CT molecular complexity index is 1570. The molecule has 2 aromatic heterocycles. The normalized spacial score (nSPS) is 16.0. The van der Waals surface area contributed by atoms with Crippen LogP contribution in [0, 0.1) is 0 Å². The maximum atomic E-state index is 11.8. The number of aromatic nitrogens is 3. The molecule has 1 aliphatic rings. The van der Waals surface area contributed by atoms with Gasteiger partial charge >= 0.3 is 0 Å². The zero-order valence-electron chi connectivity index (χ0n) is 24.9. The van der Waals surface area contributed by atoms with E-state index in [1.165, 1.54) is 0 Å². The first-order valence-electron chi connectivity index (χ1n) is 14.5. The Balaban J connectivity index is 1.21. The van der Waals surface area contributed by atoms with Crippen molar-refractivity contribution in [2.75, 3.05) is 41.8 Å². The number of nitrogens with one attached hydrogen (secondary N) is 2. The van der Waals surface area contributed by atoms with Gasteiger partial charge in [-0.05, 0) is 53.6 Å². The highest BCUT2D eigenvalue weighted by atomic mass is 32.2. The zero-order chi connectivity index (χ0) is 30.5. The smallest absolute Gasteiger partial charge is 0.203 e. The van der Waals surface area contributed by atoms with Crippen LogP contribution in [0.2, 0.25) is 0 Å². The van der Waals surface area contributed by atoms with Crippen LogP contribution in [0.25, 0.3) is 5.69 Å². The van der Waals surface area contributed by atoms with Gasteiger partial charge in [-0.2, -0.15) is 5.10 Å². The molecule has 1 fully saturated rings. The summed E-state index contributed by atoms with van der Waals surface area (Å²) in [5.74, 6) is 1.82. The Morgan fingerprint density at radius 2 is 1.70 bits per heavy atom. The van der Waals surface area contributed by atoms with Gasteiger partial charge in [0, 0.05) is 55.6 Å². The van der Waals surface area contributed by atoms with Crippen LogP contribution in [0.4, 0.5) is 11.5 Å². The molecule has 1 unspecified atom stereocenters. The number of anilines is 2. The van der Waals surface area contributed by atoms with Crippen LogP contribution in [-0.4, -0.2) is 70.7 Å². The molecular weight excluding hydrogens is 564 g/mol. The van der Waals surface area contributed by atoms with Gasteiger partial charge in [-0.15, -0.1) is 0 Å². The minimum Gasteiger partial charge on any atom is -0.493 e. The molecule has 0 spiro atoms. The van der Waals surface area contributed by atoms with E-state index in [4.69, 9.17) is 9.84 Å². The first-order chi connectivity index (χ1) is 20.5. The predicted octanol–water partition coefficient (Wildman–Crippen LogP) is 4.22. The van der Waals surface area contributed by atoms with Crippen molar-refractivity contribution < 1.29 is 18.3 Å². The van der Waals surface area contributed by atoms with E-state index in [0.717, 1.165) is 40.4 Å². The Kier molecular flexibility index (Phi) is 9.34. The first-order valence-corrected chi connectivity index (χ1v) is 16.3. The average Bonchev–Trinajstić information content (AvgIpc) is 3.40. The number of nitrogens with zero attached hydrogens (tertiary/aromatic N) is 4. The molecule has 0 bridgehead atoms. The van der Waals surface area contributed by atoms with Gasteiger partial charge in [-0.3, -0.25) is 9.88 Å². The van der Waals surface area contributed by atoms with Crippen LogP contribution in [0.3, 0.4) is 0 Å². The first kappa shape index (κ1) is 30.5. The molecule has 228 valence electrons. The molecule has 4 aromatic rings. The second-order valence-electron chi connectivity index (χ2n) is 11.8. The maximum Gasteiger partial charge on any atom is 0.203 e. The van der Waals surface area contributed by atoms with Crippen molar-refractivity contribution in [1.82, 2.24) is 19.7 Å². The molecule has 1 aliphatic heterocycles. The number of hydrogen-bond acceptors (Lipinski definition) is 9. The summed E-state index contributed by atoms with van der Waals surface area (Å²) in [6, 6.07) is 21.4. The summed E-state index contributed by atoms with van der Waals surface area (Å²) >= 11 is 0. The van der Waals surface area contributed by atoms with Crippen molar-refractivity contribution in [2.45, 2.75) is 45.5 Å². The topological polar surface area (TPSA) is 122 Å². The highest BCUT2D eigenvalue weighted by Crippen LogP contribution is 2.27. The quantitative estimate of drug-likeness (QED) is 0.216. The van der Waals surface area contributed by atoms with E-state index in [0.29, 0.717) is 32.1 Å². The van der Waals surface area contributed by atoms with Crippen LogP contribution in [0.15, 0.2) is 79.1 Å². The van der Waals surface area contributed by atoms with Gasteiger partial charge in [0.2, 0.25) is 6.35 Å². The third kappa shape index (κ3) is 8.56. The summed E-state index contributed by atoms with van der Waals surface area (Å²) in [7, 11) is -2.90. The number of aliphatic hydroxyl groups is 1. The molecule has 10 nitrogen and oxygen atoms in total. The molecule has 1 saturated heterocycles. The zero-order valence-corrected chi connectivity index (χ0v) is 25.7. The third-order valence-corrected chi connectivity index (χ3v) is 8.94. The van der Waals surface area contributed by atoms with Crippen LogP contribution >= 0.6 is 0 Å². The van der Waals surface area contributed by atoms with Gasteiger partial charge in [0.1, 0.15) is 11.6 Å². The largest absolute Gasteiger partial charge is 0.493 e. The summed E-state index contributed by atoms with van der Waals surface area (Å²) in [6.45, 7) is 8.65. The number of benzene rings is 2. The van der Waals surface area contributed by atoms with Crippen molar-refractivity contribution >= 4 is 21.3 Å².